The van der Waals surface area contributed by atoms with Crippen LogP contribution in [-0.2, 0) is 19.1 Å². The van der Waals surface area contributed by atoms with Crippen LogP contribution in [0.15, 0.2) is 24.3 Å². The van der Waals surface area contributed by atoms with Crippen LogP contribution in [0.5, 0.6) is 23.0 Å². The van der Waals surface area contributed by atoms with E-state index < -0.39 is 35.6 Å². The molecule has 0 saturated carbocycles. The van der Waals surface area contributed by atoms with Crippen LogP contribution >= 0.6 is 0 Å². The molecule has 2 aliphatic rings. The van der Waals surface area contributed by atoms with Gasteiger partial charge >= 0.3 is 11.9 Å². The van der Waals surface area contributed by atoms with E-state index in [-0.39, 0.29) is 37.5 Å². The van der Waals surface area contributed by atoms with Crippen LogP contribution in [0, 0.1) is 20.2 Å². The van der Waals surface area contributed by atoms with Crippen LogP contribution in [0.3, 0.4) is 0 Å². The monoisotopic (exact) mass is 578 g/mol. The highest BCUT2D eigenvalue weighted by molar-refractivity contribution is 6.77. The van der Waals surface area contributed by atoms with Crippen LogP contribution in [0.2, 0.25) is 19.6 Å². The Morgan fingerprint density at radius 2 is 1.25 bits per heavy atom. The van der Waals surface area contributed by atoms with Gasteiger partial charge in [0.2, 0.25) is 13.6 Å². The Balaban J connectivity index is 0.000000222. The van der Waals surface area contributed by atoms with Crippen LogP contribution in [0.4, 0.5) is 11.4 Å². The van der Waals surface area contributed by atoms with Gasteiger partial charge in [-0.3, -0.25) is 29.8 Å². The molecule has 2 unspecified atom stereocenters. The van der Waals surface area contributed by atoms with Crippen LogP contribution in [0.1, 0.15) is 43.5 Å². The summed E-state index contributed by atoms with van der Waals surface area (Å²) in [6.45, 7) is 10.4. The largest absolute Gasteiger partial charge is 0.465 e. The predicted molar refractivity (Wildman–Crippen MR) is 141 cm³/mol. The van der Waals surface area contributed by atoms with E-state index in [0.29, 0.717) is 34.1 Å². The molecule has 4 rings (SSSR count). The molecule has 0 aromatic heterocycles. The van der Waals surface area contributed by atoms with Crippen molar-refractivity contribution in [2.24, 2.45) is 0 Å². The van der Waals surface area contributed by atoms with Crippen molar-refractivity contribution in [3.63, 3.8) is 0 Å². The SMILES string of the molecule is CC(=O)OC(c1cc2c(cc1[N+](=O)[O-])OCO2)[Si](C)(C)C.CC(=O)OCC(C)c1cc2c(cc1[N+](=O)[O-])OCO2. The molecule has 0 amide bonds. The fourth-order valence-corrected chi connectivity index (χ4v) is 5.70. The highest BCUT2D eigenvalue weighted by Crippen LogP contribution is 2.43. The molecule has 216 valence electrons. The average molecular weight is 579 g/mol. The van der Waals surface area contributed by atoms with E-state index in [9.17, 15) is 29.8 Å². The zero-order valence-corrected chi connectivity index (χ0v) is 23.9. The first-order valence-corrected chi connectivity index (χ1v) is 15.7. The van der Waals surface area contributed by atoms with Gasteiger partial charge in [-0.25, -0.2) is 0 Å². The summed E-state index contributed by atoms with van der Waals surface area (Å²) in [5, 5.41) is 22.4. The number of hydrogen-bond acceptors (Lipinski definition) is 12. The minimum atomic E-state index is -2.04. The van der Waals surface area contributed by atoms with E-state index in [0.717, 1.165) is 0 Å². The van der Waals surface area contributed by atoms with Crippen LogP contribution in [0.25, 0.3) is 0 Å². The lowest BCUT2D eigenvalue weighted by molar-refractivity contribution is -0.386. The molecule has 2 atom stereocenters. The normalized spacial score (nSPS) is 14.3. The Morgan fingerprint density at radius 1 is 0.825 bits per heavy atom. The number of rotatable bonds is 8. The number of nitro groups is 2. The molecule has 0 saturated heterocycles. The fraction of sp³-hybridized carbons (Fsp3) is 0.440. The number of ether oxygens (including phenoxy) is 6. The molecule has 0 radical (unpaired) electrons. The highest BCUT2D eigenvalue weighted by Gasteiger charge is 2.38. The van der Waals surface area contributed by atoms with Crippen molar-refractivity contribution in [1.29, 1.82) is 0 Å². The Hall–Kier alpha value is -4.40. The van der Waals surface area contributed by atoms with E-state index in [2.05, 4.69) is 0 Å². The topological polar surface area (TPSA) is 176 Å². The number of esters is 2. The zero-order valence-electron chi connectivity index (χ0n) is 22.9. The van der Waals surface area contributed by atoms with Crippen molar-refractivity contribution < 1.29 is 47.9 Å². The maximum Gasteiger partial charge on any atom is 0.302 e. The van der Waals surface area contributed by atoms with E-state index in [1.807, 2.05) is 19.6 Å². The number of carbonyl (C=O) groups is 2. The molecule has 0 N–H and O–H groups in total. The molecule has 0 bridgehead atoms. The summed E-state index contributed by atoms with van der Waals surface area (Å²) in [6.07, 6.45) is 0. The molecule has 14 nitrogen and oxygen atoms in total. The lowest BCUT2D eigenvalue weighted by Gasteiger charge is -2.28. The first kappa shape index (κ1) is 30.1. The number of hydrogen-bond donors (Lipinski definition) is 0. The van der Waals surface area contributed by atoms with Crippen molar-refractivity contribution in [3.05, 3.63) is 55.6 Å². The molecule has 0 spiro atoms. The van der Waals surface area contributed by atoms with E-state index in [4.69, 9.17) is 28.4 Å². The first-order chi connectivity index (χ1) is 18.7. The van der Waals surface area contributed by atoms with E-state index in [1.54, 1.807) is 19.1 Å². The second-order valence-corrected chi connectivity index (χ2v) is 15.4. The third kappa shape index (κ3) is 7.16. The van der Waals surface area contributed by atoms with Gasteiger partial charge in [0.1, 0.15) is 5.73 Å². The lowest BCUT2D eigenvalue weighted by Crippen LogP contribution is -2.34. The zero-order chi connectivity index (χ0) is 29.8. The van der Waals surface area contributed by atoms with Gasteiger partial charge in [-0.2, -0.15) is 0 Å². The Kier molecular flexibility index (Phi) is 9.19. The summed E-state index contributed by atoms with van der Waals surface area (Å²) in [5.41, 5.74) is 0.0100. The molecule has 2 aromatic carbocycles. The molecular weight excluding hydrogens is 548 g/mol. The van der Waals surface area contributed by atoms with Gasteiger partial charge < -0.3 is 28.4 Å². The third-order valence-corrected chi connectivity index (χ3v) is 7.86. The van der Waals surface area contributed by atoms with Gasteiger partial charge in [0.25, 0.3) is 11.4 Å². The Labute approximate surface area is 230 Å². The number of fused-ring (bicyclic) bond motifs is 2. The van der Waals surface area contributed by atoms with Crippen molar-refractivity contribution in [3.8, 4) is 23.0 Å². The average Bonchev–Trinajstić information content (AvgIpc) is 3.52. The van der Waals surface area contributed by atoms with Gasteiger partial charge in [0, 0.05) is 25.3 Å². The third-order valence-electron chi connectivity index (χ3n) is 5.86. The van der Waals surface area contributed by atoms with Crippen molar-refractivity contribution >= 4 is 31.4 Å². The second-order valence-electron chi connectivity index (χ2n) is 10.1. The highest BCUT2D eigenvalue weighted by atomic mass is 28.3. The number of nitrogens with zero attached hydrogens (tertiary/aromatic N) is 2. The van der Waals surface area contributed by atoms with Crippen LogP contribution < -0.4 is 18.9 Å². The second kappa shape index (κ2) is 12.2. The molecule has 2 aliphatic heterocycles. The Bertz CT molecular complexity index is 1320. The number of benzene rings is 2. The Morgan fingerprint density at radius 3 is 1.65 bits per heavy atom. The molecular formula is C25H30N2O12Si. The molecule has 2 heterocycles. The van der Waals surface area contributed by atoms with Gasteiger partial charge in [0.15, 0.2) is 23.0 Å². The fourth-order valence-electron chi connectivity index (χ4n) is 4.02. The summed E-state index contributed by atoms with van der Waals surface area (Å²) in [7, 11) is -2.04. The minimum absolute atomic E-state index is 0.0289. The molecule has 15 heteroatoms. The van der Waals surface area contributed by atoms with Gasteiger partial charge in [-0.1, -0.05) is 26.6 Å². The maximum absolute atomic E-state index is 11.4. The minimum Gasteiger partial charge on any atom is -0.465 e. The van der Waals surface area contributed by atoms with Gasteiger partial charge in [-0.15, -0.1) is 0 Å². The first-order valence-electron chi connectivity index (χ1n) is 12.2. The summed E-state index contributed by atoms with van der Waals surface area (Å²) >= 11 is 0. The summed E-state index contributed by atoms with van der Waals surface area (Å²) < 4.78 is 31.0. The maximum atomic E-state index is 11.4. The predicted octanol–water partition coefficient (Wildman–Crippen LogP) is 4.80. The lowest BCUT2D eigenvalue weighted by atomic mass is 9.99. The van der Waals surface area contributed by atoms with E-state index >= 15 is 0 Å². The molecule has 0 fully saturated rings. The van der Waals surface area contributed by atoms with Crippen molar-refractivity contribution in [1.82, 2.24) is 0 Å². The molecule has 40 heavy (non-hydrogen) atoms. The van der Waals surface area contributed by atoms with E-state index in [1.165, 1.54) is 26.0 Å². The summed E-state index contributed by atoms with van der Waals surface area (Å²) in [4.78, 5) is 43.6. The van der Waals surface area contributed by atoms with Crippen molar-refractivity contribution in [2.45, 2.75) is 52.1 Å². The summed E-state index contributed by atoms with van der Waals surface area (Å²) in [6, 6.07) is 5.77. The number of nitro benzene ring substituents is 2. The van der Waals surface area contributed by atoms with Crippen LogP contribution in [-0.4, -0.2) is 50.1 Å². The molecule has 0 aliphatic carbocycles. The molecule has 2 aromatic rings. The quantitative estimate of drug-likeness (QED) is 0.181. The van der Waals surface area contributed by atoms with Gasteiger partial charge in [0.05, 0.1) is 42.2 Å². The van der Waals surface area contributed by atoms with Crippen molar-refractivity contribution in [2.75, 3.05) is 20.2 Å². The smallest absolute Gasteiger partial charge is 0.302 e. The summed E-state index contributed by atoms with van der Waals surface area (Å²) in [5.74, 6) is 0.405. The number of carbonyl (C=O) groups excluding carboxylic acids is 2. The van der Waals surface area contributed by atoms with Gasteiger partial charge in [-0.05, 0) is 12.1 Å². The standard InChI is InChI=1S/C13H17NO6Si.C12H13NO6/c1-8(15)20-13(21(2,3)4)9-5-11-12(19-7-18-11)6-10(9)14(16)17;1-7(5-17-8(2)14)9-3-11-12(19-6-18-11)4-10(9)13(15)16/h5-6,13H,7H2,1-4H3;3-4,7H,5-6H2,1-2H3.